The minimum Gasteiger partial charge on any atom is -0.475 e. The van der Waals surface area contributed by atoms with Crippen molar-refractivity contribution in [2.45, 2.75) is 31.8 Å². The second-order valence-electron chi connectivity index (χ2n) is 8.42. The van der Waals surface area contributed by atoms with Gasteiger partial charge in [-0.2, -0.15) is 13.2 Å². The zero-order chi connectivity index (χ0) is 29.4. The first-order chi connectivity index (χ1) is 18.2. The number of alkyl halides is 3. The Morgan fingerprint density at radius 2 is 1.67 bits per heavy atom. The molecule has 15 heteroatoms. The molecule has 0 radical (unpaired) electrons. The van der Waals surface area contributed by atoms with Crippen LogP contribution in [0.3, 0.4) is 0 Å². The third kappa shape index (κ3) is 9.14. The number of piperazine rings is 1. The molecule has 1 saturated heterocycles. The van der Waals surface area contributed by atoms with Gasteiger partial charge in [-0.1, -0.05) is 6.07 Å². The molecular weight excluding hydrogens is 543 g/mol. The minimum absolute atomic E-state index is 0.0395. The summed E-state index contributed by atoms with van der Waals surface area (Å²) < 4.78 is 61.2. The van der Waals surface area contributed by atoms with Crippen molar-refractivity contribution in [3.63, 3.8) is 0 Å². The lowest BCUT2D eigenvalue weighted by molar-refractivity contribution is -0.192. The fourth-order valence-corrected chi connectivity index (χ4v) is 4.86. The van der Waals surface area contributed by atoms with Crippen LogP contribution in [0.15, 0.2) is 41.3 Å². The summed E-state index contributed by atoms with van der Waals surface area (Å²) in [6, 6.07) is 9.80. The van der Waals surface area contributed by atoms with Gasteiger partial charge in [0.25, 0.3) is 15.9 Å². The van der Waals surface area contributed by atoms with E-state index in [0.717, 1.165) is 18.7 Å². The molecule has 1 heterocycles. The maximum atomic E-state index is 13.4. The number of nitrogens with one attached hydrogen (secondary N) is 4. The van der Waals surface area contributed by atoms with Crippen molar-refractivity contribution in [1.29, 1.82) is 0 Å². The summed E-state index contributed by atoms with van der Waals surface area (Å²) in [6.45, 7) is 8.33. The van der Waals surface area contributed by atoms with Crippen molar-refractivity contribution in [3.8, 4) is 0 Å². The normalized spacial score (nSPS) is 13.5. The van der Waals surface area contributed by atoms with Crippen LogP contribution < -0.4 is 25.6 Å². The topological polar surface area (TPSA) is 157 Å². The second kappa shape index (κ2) is 13.3. The van der Waals surface area contributed by atoms with E-state index in [1.165, 1.54) is 13.0 Å². The van der Waals surface area contributed by atoms with Crippen molar-refractivity contribution >= 4 is 44.9 Å². The van der Waals surface area contributed by atoms with Gasteiger partial charge in [0.05, 0.1) is 17.1 Å². The summed E-state index contributed by atoms with van der Waals surface area (Å²) in [6.07, 6.45) is -5.08. The largest absolute Gasteiger partial charge is 0.490 e. The Balaban J connectivity index is 0.000000673. The molecule has 0 unspecified atom stereocenters. The van der Waals surface area contributed by atoms with Gasteiger partial charge >= 0.3 is 12.1 Å². The number of hydrogen-bond donors (Lipinski definition) is 5. The smallest absolute Gasteiger partial charge is 0.475 e. The average Bonchev–Trinajstić information content (AvgIpc) is 2.85. The summed E-state index contributed by atoms with van der Waals surface area (Å²) in [5, 5.41) is 15.7. The fraction of sp³-hybridized carbons (Fsp3) is 0.375. The first-order valence-corrected chi connectivity index (χ1v) is 13.2. The third-order valence-electron chi connectivity index (χ3n) is 5.28. The Labute approximate surface area is 223 Å². The molecule has 214 valence electrons. The molecule has 2 aromatic carbocycles. The van der Waals surface area contributed by atoms with E-state index >= 15 is 0 Å². The standard InChI is InChI=1S/C22H29N5O4S.C2HF3O2/c1-4-24-22(29)17-6-8-20(27-11-9-23-10-12-27)19(14-17)26-32(30,31)21-13-15(2)5-7-18(21)25-16(3)28;3-2(4,5)1(6)7/h5-8,13-14,23,26H,4,9-12H2,1-3H3,(H,24,29)(H,25,28);(H,6,7). The number of benzene rings is 2. The summed E-state index contributed by atoms with van der Waals surface area (Å²) in [5.74, 6) is -3.41. The van der Waals surface area contributed by atoms with E-state index in [1.807, 2.05) is 6.92 Å². The Morgan fingerprint density at radius 3 is 2.21 bits per heavy atom. The predicted octanol–water partition coefficient (Wildman–Crippen LogP) is 2.55. The molecule has 0 aliphatic carbocycles. The molecule has 3 rings (SSSR count). The number of carbonyl (C=O) groups is 3. The van der Waals surface area contributed by atoms with Gasteiger partial charge < -0.3 is 26.0 Å². The number of carboxylic acid groups (broad SMARTS) is 1. The van der Waals surface area contributed by atoms with Crippen molar-refractivity contribution in [3.05, 3.63) is 47.5 Å². The number of carbonyl (C=O) groups excluding carboxylic acids is 2. The molecule has 5 N–H and O–H groups in total. The molecule has 0 aromatic heterocycles. The summed E-state index contributed by atoms with van der Waals surface area (Å²) in [5.41, 5.74) is 2.29. The van der Waals surface area contributed by atoms with Crippen molar-refractivity contribution < 1.29 is 41.1 Å². The Kier molecular flexibility index (Phi) is 10.7. The molecule has 1 aliphatic rings. The van der Waals surface area contributed by atoms with Gasteiger partial charge in [-0.25, -0.2) is 13.2 Å². The minimum atomic E-state index is -5.08. The molecule has 11 nitrogen and oxygen atoms in total. The number of amides is 2. The molecular formula is C24H30F3N5O6S. The van der Waals surface area contributed by atoms with E-state index in [9.17, 15) is 31.2 Å². The molecule has 1 aliphatic heterocycles. The number of carboxylic acids is 1. The van der Waals surface area contributed by atoms with Crippen LogP contribution >= 0.6 is 0 Å². The predicted molar refractivity (Wildman–Crippen MR) is 140 cm³/mol. The third-order valence-corrected chi connectivity index (χ3v) is 6.68. The van der Waals surface area contributed by atoms with Gasteiger partial charge in [0.1, 0.15) is 4.90 Å². The van der Waals surface area contributed by atoms with Crippen LogP contribution in [0.2, 0.25) is 0 Å². The van der Waals surface area contributed by atoms with E-state index in [4.69, 9.17) is 9.90 Å². The van der Waals surface area contributed by atoms with Crippen molar-refractivity contribution in [1.82, 2.24) is 10.6 Å². The lowest BCUT2D eigenvalue weighted by atomic mass is 10.1. The number of rotatable bonds is 7. The van der Waals surface area contributed by atoms with Gasteiger partial charge in [-0.3, -0.25) is 14.3 Å². The van der Waals surface area contributed by atoms with E-state index < -0.39 is 22.2 Å². The van der Waals surface area contributed by atoms with Gasteiger partial charge in [-0.15, -0.1) is 0 Å². The van der Waals surface area contributed by atoms with E-state index in [1.54, 1.807) is 37.3 Å². The Hall–Kier alpha value is -3.85. The summed E-state index contributed by atoms with van der Waals surface area (Å²) in [4.78, 5) is 34.9. The lowest BCUT2D eigenvalue weighted by Gasteiger charge is -2.31. The van der Waals surface area contributed by atoms with Gasteiger partial charge in [-0.05, 0) is 49.7 Å². The molecule has 0 bridgehead atoms. The van der Waals surface area contributed by atoms with Crippen LogP contribution in [-0.2, 0) is 19.6 Å². The SMILES string of the molecule is CCNC(=O)c1ccc(N2CCNCC2)c(NS(=O)(=O)c2cc(C)ccc2NC(C)=O)c1.O=C(O)C(F)(F)F. The van der Waals surface area contributed by atoms with E-state index in [2.05, 4.69) is 25.6 Å². The number of sulfonamides is 1. The first kappa shape index (κ1) is 31.4. The zero-order valence-electron chi connectivity index (χ0n) is 21.5. The number of aryl methyl sites for hydroxylation is 1. The van der Waals surface area contributed by atoms with Crippen LogP contribution in [0.25, 0.3) is 0 Å². The summed E-state index contributed by atoms with van der Waals surface area (Å²) >= 11 is 0. The molecule has 2 aromatic rings. The molecule has 1 fully saturated rings. The molecule has 0 saturated carbocycles. The van der Waals surface area contributed by atoms with Crippen LogP contribution in [0, 0.1) is 6.92 Å². The van der Waals surface area contributed by atoms with Crippen molar-refractivity contribution in [2.75, 3.05) is 47.7 Å². The van der Waals surface area contributed by atoms with E-state index in [0.29, 0.717) is 36.6 Å². The van der Waals surface area contributed by atoms with Crippen LogP contribution in [0.5, 0.6) is 0 Å². The monoisotopic (exact) mass is 573 g/mol. The van der Waals surface area contributed by atoms with Gasteiger partial charge in [0.15, 0.2) is 0 Å². The number of nitrogens with zero attached hydrogens (tertiary/aromatic N) is 1. The maximum absolute atomic E-state index is 13.4. The molecule has 0 atom stereocenters. The maximum Gasteiger partial charge on any atom is 0.490 e. The lowest BCUT2D eigenvalue weighted by Crippen LogP contribution is -2.43. The van der Waals surface area contributed by atoms with Gasteiger partial charge in [0.2, 0.25) is 5.91 Å². The number of halogens is 3. The zero-order valence-corrected chi connectivity index (χ0v) is 22.3. The molecule has 2 amide bonds. The van der Waals surface area contributed by atoms with Gasteiger partial charge in [0, 0.05) is 45.2 Å². The van der Waals surface area contributed by atoms with E-state index in [-0.39, 0.29) is 22.4 Å². The van der Waals surface area contributed by atoms with Crippen LogP contribution in [-0.4, -0.2) is 70.2 Å². The number of aliphatic carboxylic acids is 1. The highest BCUT2D eigenvalue weighted by atomic mass is 32.2. The Morgan fingerprint density at radius 1 is 1.05 bits per heavy atom. The highest BCUT2D eigenvalue weighted by molar-refractivity contribution is 7.93. The highest BCUT2D eigenvalue weighted by Gasteiger charge is 2.38. The molecule has 0 spiro atoms. The number of hydrogen-bond acceptors (Lipinski definition) is 7. The summed E-state index contributed by atoms with van der Waals surface area (Å²) in [7, 11) is -4.07. The van der Waals surface area contributed by atoms with Crippen molar-refractivity contribution in [2.24, 2.45) is 0 Å². The van der Waals surface area contributed by atoms with Crippen LogP contribution in [0.4, 0.5) is 30.2 Å². The Bertz CT molecular complexity index is 1310. The molecule has 39 heavy (non-hydrogen) atoms. The highest BCUT2D eigenvalue weighted by Crippen LogP contribution is 2.32. The van der Waals surface area contributed by atoms with Crippen LogP contribution in [0.1, 0.15) is 29.8 Å². The fourth-order valence-electron chi connectivity index (χ4n) is 3.55. The average molecular weight is 574 g/mol. The quantitative estimate of drug-likeness (QED) is 0.338. The first-order valence-electron chi connectivity index (χ1n) is 11.7. The number of anilines is 3. The second-order valence-corrected chi connectivity index (χ2v) is 10.1.